The van der Waals surface area contributed by atoms with Gasteiger partial charge in [-0.15, -0.1) is 13.2 Å². The van der Waals surface area contributed by atoms with Crippen molar-refractivity contribution in [3.63, 3.8) is 0 Å². The van der Waals surface area contributed by atoms with Crippen LogP contribution in [0.2, 0.25) is 0 Å². The van der Waals surface area contributed by atoms with Gasteiger partial charge in [-0.2, -0.15) is 0 Å². The minimum absolute atomic E-state index is 0.190. The van der Waals surface area contributed by atoms with E-state index in [-0.39, 0.29) is 11.6 Å². The summed E-state index contributed by atoms with van der Waals surface area (Å²) in [6, 6.07) is 3.20. The van der Waals surface area contributed by atoms with Crippen LogP contribution in [-0.4, -0.2) is 41.7 Å². The second kappa shape index (κ2) is 7.63. The van der Waals surface area contributed by atoms with E-state index in [1.807, 2.05) is 13.8 Å². The van der Waals surface area contributed by atoms with Crippen LogP contribution in [0, 0.1) is 5.92 Å². The summed E-state index contributed by atoms with van der Waals surface area (Å²) in [7, 11) is 0. The molecule has 0 spiro atoms. The molecule has 1 aromatic rings. The maximum atomic E-state index is 12.2. The number of rotatable bonds is 6. The molecule has 0 saturated carbocycles. The smallest absolute Gasteiger partial charge is 0.406 e. The van der Waals surface area contributed by atoms with Crippen LogP contribution >= 0.6 is 0 Å². The van der Waals surface area contributed by atoms with Crippen LogP contribution in [0.3, 0.4) is 0 Å². The second-order valence-electron chi connectivity index (χ2n) is 6.18. The molecule has 1 atom stereocenters. The molecular formula is C16H18F3N3O4. The van der Waals surface area contributed by atoms with Gasteiger partial charge in [0.1, 0.15) is 18.3 Å². The molecule has 26 heavy (non-hydrogen) atoms. The SMILES string of the molecule is CC(C)CC1NC(=O)N(CC(=O)Nc2ccc(OC(F)(F)F)cc2)C1=O. The normalized spacial score (nSPS) is 17.5. The highest BCUT2D eigenvalue weighted by molar-refractivity contribution is 6.07. The first-order valence-electron chi connectivity index (χ1n) is 7.82. The van der Waals surface area contributed by atoms with Crippen molar-refractivity contribution in [2.75, 3.05) is 11.9 Å². The molecule has 2 rings (SSSR count). The van der Waals surface area contributed by atoms with Gasteiger partial charge in [-0.25, -0.2) is 4.79 Å². The molecule has 0 radical (unpaired) electrons. The molecular weight excluding hydrogens is 355 g/mol. The number of alkyl halides is 3. The highest BCUT2D eigenvalue weighted by atomic mass is 19.4. The Kier molecular flexibility index (Phi) is 5.73. The van der Waals surface area contributed by atoms with Gasteiger partial charge in [0.15, 0.2) is 0 Å². The predicted octanol–water partition coefficient (Wildman–Crippen LogP) is 2.49. The van der Waals surface area contributed by atoms with Crippen molar-refractivity contribution >= 4 is 23.5 Å². The summed E-state index contributed by atoms with van der Waals surface area (Å²) in [5.74, 6) is -1.37. The molecule has 1 saturated heterocycles. The standard InChI is InChI=1S/C16H18F3N3O4/c1-9(2)7-12-14(24)22(15(25)21-12)8-13(23)20-10-3-5-11(6-4-10)26-16(17,18)19/h3-6,9,12H,7-8H2,1-2H3,(H,20,23)(H,21,25). The van der Waals surface area contributed by atoms with Crippen molar-refractivity contribution in [3.05, 3.63) is 24.3 Å². The van der Waals surface area contributed by atoms with E-state index < -0.39 is 42.5 Å². The van der Waals surface area contributed by atoms with Crippen LogP contribution in [0.4, 0.5) is 23.7 Å². The number of carbonyl (C=O) groups is 3. The summed E-state index contributed by atoms with van der Waals surface area (Å²) in [6.07, 6.45) is -4.34. The molecule has 0 aliphatic carbocycles. The zero-order chi connectivity index (χ0) is 19.5. The Morgan fingerprint density at radius 3 is 2.42 bits per heavy atom. The molecule has 1 unspecified atom stereocenters. The topological polar surface area (TPSA) is 87.7 Å². The maximum Gasteiger partial charge on any atom is 0.573 e. The lowest BCUT2D eigenvalue weighted by molar-refractivity contribution is -0.274. The van der Waals surface area contributed by atoms with E-state index in [2.05, 4.69) is 15.4 Å². The van der Waals surface area contributed by atoms with E-state index in [1.165, 1.54) is 12.1 Å². The quantitative estimate of drug-likeness (QED) is 0.750. The van der Waals surface area contributed by atoms with E-state index in [4.69, 9.17) is 0 Å². The van der Waals surface area contributed by atoms with Crippen LogP contribution < -0.4 is 15.4 Å². The van der Waals surface area contributed by atoms with E-state index in [9.17, 15) is 27.6 Å². The molecule has 142 valence electrons. The molecule has 1 aliphatic heterocycles. The van der Waals surface area contributed by atoms with Gasteiger partial charge in [-0.3, -0.25) is 14.5 Å². The van der Waals surface area contributed by atoms with Gasteiger partial charge in [0.25, 0.3) is 5.91 Å². The number of amides is 4. The zero-order valence-electron chi connectivity index (χ0n) is 14.1. The van der Waals surface area contributed by atoms with Crippen molar-refractivity contribution in [3.8, 4) is 5.75 Å². The number of benzene rings is 1. The maximum absolute atomic E-state index is 12.2. The molecule has 4 amide bonds. The van der Waals surface area contributed by atoms with Crippen LogP contribution in [0.25, 0.3) is 0 Å². The fourth-order valence-electron chi connectivity index (χ4n) is 2.44. The third-order valence-corrected chi connectivity index (χ3v) is 3.49. The van der Waals surface area contributed by atoms with Crippen LogP contribution in [0.1, 0.15) is 20.3 Å². The number of nitrogens with one attached hydrogen (secondary N) is 2. The minimum atomic E-state index is -4.80. The molecule has 1 aromatic carbocycles. The lowest BCUT2D eigenvalue weighted by atomic mass is 10.0. The van der Waals surface area contributed by atoms with Gasteiger partial charge in [-0.05, 0) is 36.6 Å². The Balaban J connectivity index is 1.92. The number of nitrogens with zero attached hydrogens (tertiary/aromatic N) is 1. The van der Waals surface area contributed by atoms with E-state index >= 15 is 0 Å². The first kappa shape index (κ1) is 19.5. The van der Waals surface area contributed by atoms with E-state index in [0.717, 1.165) is 17.0 Å². The Morgan fingerprint density at radius 2 is 1.88 bits per heavy atom. The highest BCUT2D eigenvalue weighted by Crippen LogP contribution is 2.24. The first-order chi connectivity index (χ1) is 12.0. The summed E-state index contributed by atoms with van der Waals surface area (Å²) in [5, 5.41) is 4.92. The van der Waals surface area contributed by atoms with E-state index in [1.54, 1.807) is 0 Å². The summed E-state index contributed by atoms with van der Waals surface area (Å²) in [5.41, 5.74) is 0.204. The molecule has 1 fully saturated rings. The number of hydrogen-bond donors (Lipinski definition) is 2. The Hall–Kier alpha value is -2.78. The number of urea groups is 1. The summed E-state index contributed by atoms with van der Waals surface area (Å²) >= 11 is 0. The van der Waals surface area contributed by atoms with Gasteiger partial charge in [0.05, 0.1) is 0 Å². The fourth-order valence-corrected chi connectivity index (χ4v) is 2.44. The predicted molar refractivity (Wildman–Crippen MR) is 85.2 cm³/mol. The van der Waals surface area contributed by atoms with Crippen LogP contribution in [0.5, 0.6) is 5.75 Å². The van der Waals surface area contributed by atoms with Crippen LogP contribution in [-0.2, 0) is 9.59 Å². The van der Waals surface area contributed by atoms with Gasteiger partial charge in [0, 0.05) is 5.69 Å². The third kappa shape index (κ3) is 5.36. The van der Waals surface area contributed by atoms with Crippen molar-refractivity contribution in [1.29, 1.82) is 0 Å². The molecule has 10 heteroatoms. The monoisotopic (exact) mass is 373 g/mol. The average molecular weight is 373 g/mol. The van der Waals surface area contributed by atoms with E-state index in [0.29, 0.717) is 6.42 Å². The minimum Gasteiger partial charge on any atom is -0.406 e. The molecule has 1 heterocycles. The second-order valence-corrected chi connectivity index (χ2v) is 6.18. The number of halogens is 3. The molecule has 7 nitrogen and oxygen atoms in total. The fraction of sp³-hybridized carbons (Fsp3) is 0.438. The average Bonchev–Trinajstić information content (AvgIpc) is 2.75. The first-order valence-corrected chi connectivity index (χ1v) is 7.82. The zero-order valence-corrected chi connectivity index (χ0v) is 14.1. The number of imide groups is 1. The summed E-state index contributed by atoms with van der Waals surface area (Å²) in [6.45, 7) is 3.32. The third-order valence-electron chi connectivity index (χ3n) is 3.49. The molecule has 1 aliphatic rings. The summed E-state index contributed by atoms with van der Waals surface area (Å²) < 4.78 is 40.0. The Labute approximate surface area is 147 Å². The van der Waals surface area contributed by atoms with Crippen molar-refractivity contribution in [1.82, 2.24) is 10.2 Å². The van der Waals surface area contributed by atoms with Crippen molar-refractivity contribution in [2.24, 2.45) is 5.92 Å². The van der Waals surface area contributed by atoms with Gasteiger partial charge < -0.3 is 15.4 Å². The summed E-state index contributed by atoms with van der Waals surface area (Å²) in [4.78, 5) is 36.8. The Bertz CT molecular complexity index is 689. The lowest BCUT2D eigenvalue weighted by Crippen LogP contribution is -2.38. The lowest BCUT2D eigenvalue weighted by Gasteiger charge is -2.14. The van der Waals surface area contributed by atoms with Gasteiger partial charge in [-0.1, -0.05) is 13.8 Å². The number of hydrogen-bond acceptors (Lipinski definition) is 4. The van der Waals surface area contributed by atoms with Crippen molar-refractivity contribution < 1.29 is 32.3 Å². The highest BCUT2D eigenvalue weighted by Gasteiger charge is 2.39. The Morgan fingerprint density at radius 1 is 1.27 bits per heavy atom. The van der Waals surface area contributed by atoms with Gasteiger partial charge >= 0.3 is 12.4 Å². The molecule has 0 aromatic heterocycles. The van der Waals surface area contributed by atoms with Crippen LogP contribution in [0.15, 0.2) is 24.3 Å². The number of ether oxygens (including phenoxy) is 1. The number of carbonyl (C=O) groups excluding carboxylic acids is 3. The van der Waals surface area contributed by atoms with Gasteiger partial charge in [0.2, 0.25) is 5.91 Å². The van der Waals surface area contributed by atoms with Crippen molar-refractivity contribution in [2.45, 2.75) is 32.7 Å². The number of anilines is 1. The molecule has 2 N–H and O–H groups in total. The molecule has 0 bridgehead atoms. The largest absolute Gasteiger partial charge is 0.573 e.